The molecule has 5 nitrogen and oxygen atoms in total. The number of nitrogens with zero attached hydrogens (tertiary/aromatic N) is 2. The van der Waals surface area contributed by atoms with E-state index >= 15 is 0 Å². The van der Waals surface area contributed by atoms with E-state index in [0.29, 0.717) is 16.3 Å². The van der Waals surface area contributed by atoms with Crippen LogP contribution in [0.4, 0.5) is 5.69 Å². The third-order valence-electron chi connectivity index (χ3n) is 5.11. The van der Waals surface area contributed by atoms with E-state index in [2.05, 4.69) is 0 Å². The summed E-state index contributed by atoms with van der Waals surface area (Å²) in [5, 5.41) is 9.64. The molecule has 0 radical (unpaired) electrons. The third-order valence-corrected chi connectivity index (χ3v) is 6.18. The van der Waals surface area contributed by atoms with Gasteiger partial charge in [0.05, 0.1) is 10.6 Å². The average molecular weight is 435 g/mol. The summed E-state index contributed by atoms with van der Waals surface area (Å²) in [6.45, 7) is 11.5. The molecule has 0 atom stereocenters. The highest BCUT2D eigenvalue weighted by atomic mass is 32.2. The monoisotopic (exact) mass is 434 g/mol. The summed E-state index contributed by atoms with van der Waals surface area (Å²) < 4.78 is 5.58. The average Bonchev–Trinajstić information content (AvgIpc) is 2.69. The van der Waals surface area contributed by atoms with E-state index in [4.69, 9.17) is 4.74 Å². The van der Waals surface area contributed by atoms with Crippen LogP contribution in [0.1, 0.15) is 68.7 Å². The molecule has 3 rings (SSSR count). The molecule has 1 aliphatic heterocycles. The molecule has 31 heavy (non-hydrogen) atoms. The van der Waals surface area contributed by atoms with Crippen molar-refractivity contribution in [3.8, 4) is 11.9 Å². The molecular formula is C25H26N2O3S. The van der Waals surface area contributed by atoms with Gasteiger partial charge in [0.2, 0.25) is 0 Å². The summed E-state index contributed by atoms with van der Waals surface area (Å²) >= 11 is 1.37. The zero-order valence-electron chi connectivity index (χ0n) is 18.6. The Morgan fingerprint density at radius 1 is 1.16 bits per heavy atom. The van der Waals surface area contributed by atoms with Crippen molar-refractivity contribution in [3.05, 3.63) is 57.5 Å². The molecule has 0 saturated heterocycles. The smallest absolute Gasteiger partial charge is 0.308 e. The van der Waals surface area contributed by atoms with Crippen LogP contribution in [0.3, 0.4) is 0 Å². The van der Waals surface area contributed by atoms with Crippen LogP contribution >= 0.6 is 11.8 Å². The zero-order chi connectivity index (χ0) is 22.9. The van der Waals surface area contributed by atoms with E-state index in [0.717, 1.165) is 32.0 Å². The van der Waals surface area contributed by atoms with E-state index < -0.39 is 0 Å². The maximum Gasteiger partial charge on any atom is 0.308 e. The van der Waals surface area contributed by atoms with Gasteiger partial charge in [-0.15, -0.1) is 0 Å². The maximum absolute atomic E-state index is 13.1. The number of nitriles is 1. The van der Waals surface area contributed by atoms with Crippen LogP contribution in [-0.2, 0) is 9.59 Å². The molecule has 0 saturated carbocycles. The van der Waals surface area contributed by atoms with Crippen LogP contribution in [-0.4, -0.2) is 11.9 Å². The van der Waals surface area contributed by atoms with Crippen molar-refractivity contribution in [2.75, 3.05) is 4.90 Å². The molecule has 160 valence electrons. The van der Waals surface area contributed by atoms with Crippen molar-refractivity contribution < 1.29 is 14.3 Å². The summed E-state index contributed by atoms with van der Waals surface area (Å²) in [4.78, 5) is 27.3. The van der Waals surface area contributed by atoms with Crippen molar-refractivity contribution in [2.24, 2.45) is 0 Å². The van der Waals surface area contributed by atoms with Crippen molar-refractivity contribution in [1.82, 2.24) is 0 Å². The van der Waals surface area contributed by atoms with Crippen molar-refractivity contribution in [3.63, 3.8) is 0 Å². The molecule has 1 heterocycles. The number of anilines is 1. The van der Waals surface area contributed by atoms with Gasteiger partial charge >= 0.3 is 5.97 Å². The first-order valence-corrected chi connectivity index (χ1v) is 11.0. The highest BCUT2D eigenvalue weighted by Crippen LogP contribution is 2.44. The van der Waals surface area contributed by atoms with Crippen LogP contribution in [0.5, 0.6) is 5.75 Å². The first-order valence-electron chi connectivity index (χ1n) is 10.2. The standard InChI is InChI=1S/C25H26N2O3S/c1-14(2)19-10-18(11-20(15(3)4)24(19)30-17(6)28)12-22-25(29)27(13-26)23-16(5)8-7-9-21(23)31-22/h7-12,14-15H,1-6H3. The zero-order valence-corrected chi connectivity index (χ0v) is 19.5. The molecule has 0 aromatic heterocycles. The fourth-order valence-electron chi connectivity index (χ4n) is 3.61. The number of para-hydroxylation sites is 1. The lowest BCUT2D eigenvalue weighted by atomic mass is 9.91. The SMILES string of the molecule is CC(=O)Oc1c(C(C)C)cc(C=C2Sc3cccc(C)c3N(C#N)C2=O)cc1C(C)C. The van der Waals surface area contributed by atoms with Crippen LogP contribution in [0.25, 0.3) is 6.08 Å². The quantitative estimate of drug-likeness (QED) is 0.251. The van der Waals surface area contributed by atoms with E-state index in [1.54, 1.807) is 0 Å². The summed E-state index contributed by atoms with van der Waals surface area (Å²) in [7, 11) is 0. The van der Waals surface area contributed by atoms with E-state index in [1.165, 1.54) is 18.7 Å². The molecule has 0 fully saturated rings. The third kappa shape index (κ3) is 4.52. The molecule has 2 aromatic carbocycles. The Morgan fingerprint density at radius 2 is 1.77 bits per heavy atom. The fraction of sp³-hybridized carbons (Fsp3) is 0.320. The Hall–Kier alpha value is -3.04. The minimum Gasteiger partial charge on any atom is -0.426 e. The topological polar surface area (TPSA) is 70.4 Å². The molecule has 2 aromatic rings. The number of thioether (sulfide) groups is 1. The lowest BCUT2D eigenvalue weighted by Gasteiger charge is -2.26. The first kappa shape index (κ1) is 22.6. The second kappa shape index (κ2) is 8.99. The lowest BCUT2D eigenvalue weighted by Crippen LogP contribution is -2.30. The normalized spacial score (nSPS) is 14.7. The second-order valence-corrected chi connectivity index (χ2v) is 9.29. The Balaban J connectivity index is 2.16. The number of fused-ring (bicyclic) bond motifs is 1. The Labute approximate surface area is 187 Å². The molecule has 0 aliphatic carbocycles. The predicted octanol–water partition coefficient (Wildman–Crippen LogP) is 6.13. The highest BCUT2D eigenvalue weighted by molar-refractivity contribution is 8.04. The number of rotatable bonds is 4. The second-order valence-electron chi connectivity index (χ2n) is 8.20. The van der Waals surface area contributed by atoms with Gasteiger partial charge in [-0.3, -0.25) is 9.59 Å². The molecule has 0 spiro atoms. The summed E-state index contributed by atoms with van der Waals surface area (Å²) in [6.07, 6.45) is 3.85. The van der Waals surface area contributed by atoms with Crippen molar-refractivity contribution in [1.29, 1.82) is 5.26 Å². The molecule has 0 unspecified atom stereocenters. The Bertz CT molecular complexity index is 1100. The highest BCUT2D eigenvalue weighted by Gasteiger charge is 2.31. The van der Waals surface area contributed by atoms with Gasteiger partial charge in [0.25, 0.3) is 5.91 Å². The Kier molecular flexibility index (Phi) is 6.56. The van der Waals surface area contributed by atoms with Gasteiger partial charge < -0.3 is 4.74 Å². The summed E-state index contributed by atoms with van der Waals surface area (Å²) in [5.41, 5.74) is 4.19. The summed E-state index contributed by atoms with van der Waals surface area (Å²) in [6, 6.07) is 9.64. The Morgan fingerprint density at radius 3 is 2.29 bits per heavy atom. The van der Waals surface area contributed by atoms with Crippen LogP contribution in [0.15, 0.2) is 40.1 Å². The van der Waals surface area contributed by atoms with Gasteiger partial charge in [-0.05, 0) is 65.3 Å². The number of benzene rings is 2. The molecule has 6 heteroatoms. The number of carbonyl (C=O) groups excluding carboxylic acids is 2. The van der Waals surface area contributed by atoms with Gasteiger partial charge in [-0.1, -0.05) is 51.6 Å². The minimum atomic E-state index is -0.357. The number of ether oxygens (including phenoxy) is 1. The van der Waals surface area contributed by atoms with E-state index in [9.17, 15) is 14.9 Å². The lowest BCUT2D eigenvalue weighted by molar-refractivity contribution is -0.132. The fourth-order valence-corrected chi connectivity index (χ4v) is 4.72. The maximum atomic E-state index is 13.1. The van der Waals surface area contributed by atoms with Crippen molar-refractivity contribution >= 4 is 35.4 Å². The number of hydrogen-bond donors (Lipinski definition) is 0. The first-order chi connectivity index (χ1) is 14.6. The van der Waals surface area contributed by atoms with Gasteiger partial charge in [0.1, 0.15) is 5.75 Å². The van der Waals surface area contributed by atoms with Crippen LogP contribution in [0, 0.1) is 18.4 Å². The molecule has 1 aliphatic rings. The van der Waals surface area contributed by atoms with E-state index in [1.807, 2.05) is 77.2 Å². The van der Waals surface area contributed by atoms with Gasteiger partial charge in [0, 0.05) is 11.8 Å². The number of amides is 1. The van der Waals surface area contributed by atoms with E-state index in [-0.39, 0.29) is 23.7 Å². The molecule has 0 bridgehead atoms. The molecular weight excluding hydrogens is 408 g/mol. The van der Waals surface area contributed by atoms with Crippen LogP contribution in [0.2, 0.25) is 0 Å². The largest absolute Gasteiger partial charge is 0.426 e. The van der Waals surface area contributed by atoms with Gasteiger partial charge in [0.15, 0.2) is 6.19 Å². The number of aryl methyl sites for hydroxylation is 1. The summed E-state index contributed by atoms with van der Waals surface area (Å²) in [5.74, 6) is 0.153. The van der Waals surface area contributed by atoms with Gasteiger partial charge in [-0.25, -0.2) is 4.90 Å². The minimum absolute atomic E-state index is 0.124. The van der Waals surface area contributed by atoms with Crippen molar-refractivity contribution in [2.45, 2.75) is 58.3 Å². The number of hydrogen-bond acceptors (Lipinski definition) is 5. The predicted molar refractivity (Wildman–Crippen MR) is 124 cm³/mol. The molecule has 0 N–H and O–H groups in total. The number of esters is 1. The number of carbonyl (C=O) groups is 2. The van der Waals surface area contributed by atoms with Gasteiger partial charge in [-0.2, -0.15) is 5.26 Å². The molecule has 1 amide bonds. The van der Waals surface area contributed by atoms with Crippen LogP contribution < -0.4 is 9.64 Å².